The van der Waals surface area contributed by atoms with Gasteiger partial charge < -0.3 is 10.2 Å². The lowest BCUT2D eigenvalue weighted by molar-refractivity contribution is -0.141. The third kappa shape index (κ3) is 6.53. The summed E-state index contributed by atoms with van der Waals surface area (Å²) in [6.07, 6.45) is -1.70. The summed E-state index contributed by atoms with van der Waals surface area (Å²) in [4.78, 5) is 28.4. The van der Waals surface area contributed by atoms with Gasteiger partial charge in [0.2, 0.25) is 0 Å². The van der Waals surface area contributed by atoms with E-state index in [1.165, 1.54) is 12.3 Å². The smallest absolute Gasteiger partial charge is 0.390 e. The molecule has 29 heavy (non-hydrogen) atoms. The zero-order chi connectivity index (χ0) is 21.8. The van der Waals surface area contributed by atoms with E-state index in [1.54, 1.807) is 20.8 Å². The molecule has 0 spiro atoms. The van der Waals surface area contributed by atoms with E-state index in [1.807, 2.05) is 0 Å². The molecule has 1 amide bonds. The second-order valence-corrected chi connectivity index (χ2v) is 7.50. The summed E-state index contributed by atoms with van der Waals surface area (Å²) in [6, 6.07) is 1.41. The van der Waals surface area contributed by atoms with Crippen molar-refractivity contribution >= 4 is 34.8 Å². The average Bonchev–Trinajstić information content (AvgIpc) is 2.61. The molecule has 0 radical (unpaired) electrons. The standard InChI is InChI=1S/C17H16Cl2F3N5O2/c1-16(2,3)29-27-11(12-10(19)6-9(18)7-25-12)8-26-15(28)13-14(17(20,21)22)24-5-4-23-13/h4-7H,8H2,1-3H3,(H,26,28). The van der Waals surface area contributed by atoms with E-state index >= 15 is 0 Å². The maximum absolute atomic E-state index is 13.0. The first-order valence-corrected chi connectivity index (χ1v) is 8.87. The van der Waals surface area contributed by atoms with E-state index in [-0.39, 0.29) is 28.0 Å². The molecular formula is C17H16Cl2F3N5O2. The normalized spacial score (nSPS) is 12.6. The highest BCUT2D eigenvalue weighted by Crippen LogP contribution is 2.29. The first kappa shape index (κ1) is 22.8. The number of alkyl halides is 3. The Hall–Kier alpha value is -2.46. The Balaban J connectivity index is 2.30. The number of aromatic nitrogens is 3. The minimum atomic E-state index is -4.84. The fourth-order valence-electron chi connectivity index (χ4n) is 1.94. The van der Waals surface area contributed by atoms with Crippen molar-refractivity contribution in [2.75, 3.05) is 6.54 Å². The first-order chi connectivity index (χ1) is 13.4. The lowest BCUT2D eigenvalue weighted by Gasteiger charge is -2.17. The minimum absolute atomic E-state index is 0.0763. The molecule has 0 fully saturated rings. The SMILES string of the molecule is CC(C)(C)ON=C(CNC(=O)c1nccnc1C(F)(F)F)c1ncc(Cl)cc1Cl. The van der Waals surface area contributed by atoms with Crippen LogP contribution in [0, 0.1) is 0 Å². The van der Waals surface area contributed by atoms with Crippen LogP contribution in [0.3, 0.4) is 0 Å². The number of hydrogen-bond donors (Lipinski definition) is 1. The number of oxime groups is 1. The molecule has 0 aliphatic heterocycles. The van der Waals surface area contributed by atoms with E-state index in [9.17, 15) is 18.0 Å². The van der Waals surface area contributed by atoms with Gasteiger partial charge in [-0.25, -0.2) is 9.97 Å². The molecule has 0 aliphatic rings. The van der Waals surface area contributed by atoms with Crippen LogP contribution in [-0.4, -0.2) is 38.7 Å². The first-order valence-electron chi connectivity index (χ1n) is 8.11. The van der Waals surface area contributed by atoms with E-state index in [2.05, 4.69) is 25.4 Å². The van der Waals surface area contributed by atoms with Crippen LogP contribution in [0.2, 0.25) is 10.0 Å². The van der Waals surface area contributed by atoms with E-state index < -0.39 is 29.1 Å². The van der Waals surface area contributed by atoms with Crippen molar-refractivity contribution in [3.63, 3.8) is 0 Å². The highest BCUT2D eigenvalue weighted by molar-refractivity contribution is 6.36. The van der Waals surface area contributed by atoms with Crippen LogP contribution in [0.25, 0.3) is 0 Å². The van der Waals surface area contributed by atoms with E-state index in [0.717, 1.165) is 12.4 Å². The number of carbonyl (C=O) groups excluding carboxylic acids is 1. The van der Waals surface area contributed by atoms with Gasteiger partial charge in [-0.2, -0.15) is 13.2 Å². The topological polar surface area (TPSA) is 89.4 Å². The van der Waals surface area contributed by atoms with Crippen molar-refractivity contribution in [2.24, 2.45) is 5.16 Å². The average molecular weight is 450 g/mol. The Morgan fingerprint density at radius 3 is 2.38 bits per heavy atom. The van der Waals surface area contributed by atoms with Crippen molar-refractivity contribution < 1.29 is 22.8 Å². The van der Waals surface area contributed by atoms with Crippen LogP contribution in [0.5, 0.6) is 0 Å². The fourth-order valence-corrected chi connectivity index (χ4v) is 2.43. The van der Waals surface area contributed by atoms with Gasteiger partial charge in [0.15, 0.2) is 11.4 Å². The van der Waals surface area contributed by atoms with Gasteiger partial charge in [0.1, 0.15) is 17.0 Å². The Morgan fingerprint density at radius 2 is 1.79 bits per heavy atom. The molecule has 7 nitrogen and oxygen atoms in total. The lowest BCUT2D eigenvalue weighted by atomic mass is 10.2. The van der Waals surface area contributed by atoms with Crippen molar-refractivity contribution in [1.82, 2.24) is 20.3 Å². The Kier molecular flexibility index (Phi) is 7.02. The molecule has 0 bridgehead atoms. The molecule has 2 heterocycles. The second kappa shape index (κ2) is 8.91. The highest BCUT2D eigenvalue weighted by atomic mass is 35.5. The Labute approximate surface area is 174 Å². The molecule has 156 valence electrons. The van der Waals surface area contributed by atoms with Crippen LogP contribution in [-0.2, 0) is 11.0 Å². The molecule has 2 aromatic heterocycles. The number of amides is 1. The molecule has 0 saturated heterocycles. The predicted molar refractivity (Wildman–Crippen MR) is 101 cm³/mol. The van der Waals surface area contributed by atoms with Crippen LogP contribution < -0.4 is 5.32 Å². The van der Waals surface area contributed by atoms with Crippen LogP contribution in [0.1, 0.15) is 42.6 Å². The quantitative estimate of drug-likeness (QED) is 0.546. The summed E-state index contributed by atoms with van der Waals surface area (Å²) in [6.45, 7) is 4.87. The molecule has 2 aromatic rings. The molecular weight excluding hydrogens is 434 g/mol. The summed E-state index contributed by atoms with van der Waals surface area (Å²) < 4.78 is 39.1. The molecule has 0 aliphatic carbocycles. The number of nitrogens with zero attached hydrogens (tertiary/aromatic N) is 4. The molecule has 0 aromatic carbocycles. The van der Waals surface area contributed by atoms with Crippen molar-refractivity contribution in [2.45, 2.75) is 32.5 Å². The maximum atomic E-state index is 13.0. The summed E-state index contributed by atoms with van der Waals surface area (Å²) in [5.74, 6) is -1.10. The van der Waals surface area contributed by atoms with Gasteiger partial charge >= 0.3 is 6.18 Å². The second-order valence-electron chi connectivity index (χ2n) is 6.66. The number of hydrogen-bond acceptors (Lipinski definition) is 6. The lowest BCUT2D eigenvalue weighted by Crippen LogP contribution is -2.33. The third-order valence-electron chi connectivity index (χ3n) is 3.11. The van der Waals surface area contributed by atoms with Gasteiger partial charge in [0.05, 0.1) is 16.6 Å². The number of halogens is 5. The largest absolute Gasteiger partial charge is 0.435 e. The van der Waals surface area contributed by atoms with Crippen molar-refractivity contribution in [3.05, 3.63) is 51.8 Å². The predicted octanol–water partition coefficient (Wildman–Crippen LogP) is 4.15. The number of carbonyl (C=O) groups is 1. The molecule has 1 N–H and O–H groups in total. The van der Waals surface area contributed by atoms with Gasteiger partial charge in [-0.15, -0.1) is 0 Å². The summed E-state index contributed by atoms with van der Waals surface area (Å²) in [7, 11) is 0. The fraction of sp³-hybridized carbons (Fsp3) is 0.353. The molecule has 0 unspecified atom stereocenters. The summed E-state index contributed by atoms with van der Waals surface area (Å²) in [5.41, 5.74) is -2.72. The molecule has 0 atom stereocenters. The zero-order valence-corrected chi connectivity index (χ0v) is 17.0. The van der Waals surface area contributed by atoms with E-state index in [0.29, 0.717) is 0 Å². The van der Waals surface area contributed by atoms with Crippen LogP contribution in [0.4, 0.5) is 13.2 Å². The number of pyridine rings is 1. The van der Waals surface area contributed by atoms with Gasteiger partial charge in [0.25, 0.3) is 5.91 Å². The van der Waals surface area contributed by atoms with E-state index in [4.69, 9.17) is 28.0 Å². The highest BCUT2D eigenvalue weighted by Gasteiger charge is 2.38. The third-order valence-corrected chi connectivity index (χ3v) is 3.60. The monoisotopic (exact) mass is 449 g/mol. The van der Waals surface area contributed by atoms with Crippen molar-refractivity contribution in [1.29, 1.82) is 0 Å². The number of nitrogens with one attached hydrogen (secondary N) is 1. The molecule has 0 saturated carbocycles. The minimum Gasteiger partial charge on any atom is -0.390 e. The molecule has 12 heteroatoms. The van der Waals surface area contributed by atoms with Crippen LogP contribution in [0.15, 0.2) is 29.8 Å². The number of rotatable bonds is 5. The Morgan fingerprint density at radius 1 is 1.14 bits per heavy atom. The van der Waals surface area contributed by atoms with Crippen LogP contribution >= 0.6 is 23.2 Å². The molecule has 2 rings (SSSR count). The van der Waals surface area contributed by atoms with Gasteiger partial charge in [0, 0.05) is 18.6 Å². The van der Waals surface area contributed by atoms with Gasteiger partial charge in [-0.05, 0) is 26.8 Å². The van der Waals surface area contributed by atoms with Crippen molar-refractivity contribution in [3.8, 4) is 0 Å². The summed E-state index contributed by atoms with van der Waals surface area (Å²) >= 11 is 12.0. The maximum Gasteiger partial charge on any atom is 0.435 e. The van der Waals surface area contributed by atoms with Gasteiger partial charge in [-0.3, -0.25) is 9.78 Å². The Bertz CT molecular complexity index is 930. The zero-order valence-electron chi connectivity index (χ0n) is 15.5. The van der Waals surface area contributed by atoms with Gasteiger partial charge in [-0.1, -0.05) is 28.4 Å². The summed E-state index contributed by atoms with van der Waals surface area (Å²) in [5, 5.41) is 6.65.